The average Bonchev–Trinajstić information content (AvgIpc) is 3.45. The normalized spacial score (nSPS) is 12.7. The predicted octanol–water partition coefficient (Wildman–Crippen LogP) is 2.37. The molecular formula is C19H19N7O3Zn. The van der Waals surface area contributed by atoms with E-state index in [-0.39, 0.29) is 48.5 Å². The summed E-state index contributed by atoms with van der Waals surface area (Å²) in [6.07, 6.45) is 3.31. The van der Waals surface area contributed by atoms with Gasteiger partial charge in [0.15, 0.2) is 17.3 Å². The first-order chi connectivity index (χ1) is 13.9. The van der Waals surface area contributed by atoms with E-state index in [4.69, 9.17) is 0 Å². The molecule has 0 aliphatic heterocycles. The molecule has 30 heavy (non-hydrogen) atoms. The summed E-state index contributed by atoms with van der Waals surface area (Å²) in [5, 5.41) is 27.2. The predicted molar refractivity (Wildman–Crippen MR) is 105 cm³/mol. The zero-order valence-corrected chi connectivity index (χ0v) is 19.6. The molecule has 2 aromatic heterocycles. The van der Waals surface area contributed by atoms with Gasteiger partial charge in [-0.15, -0.1) is 10.2 Å². The van der Waals surface area contributed by atoms with Crippen LogP contribution in [0.25, 0.3) is 11.4 Å². The monoisotopic (exact) mass is 457 g/mol. The van der Waals surface area contributed by atoms with Crippen molar-refractivity contribution in [2.24, 2.45) is 13.0 Å². The Morgan fingerprint density at radius 3 is 2.60 bits per heavy atom. The second-order valence-corrected chi connectivity index (χ2v) is 6.91. The first-order valence-electron chi connectivity index (χ1n) is 9.07. The van der Waals surface area contributed by atoms with Crippen molar-refractivity contribution in [3.05, 3.63) is 41.9 Å². The molecule has 0 spiro atoms. The number of anilines is 3. The molecule has 0 saturated heterocycles. The fourth-order valence-electron chi connectivity index (χ4n) is 2.90. The molecule has 150 valence electrons. The van der Waals surface area contributed by atoms with Gasteiger partial charge in [-0.25, -0.2) is 9.78 Å². The van der Waals surface area contributed by atoms with Crippen molar-refractivity contribution in [3.63, 3.8) is 0 Å². The number of benzene rings is 1. The van der Waals surface area contributed by atoms with E-state index in [0.29, 0.717) is 11.5 Å². The second kappa shape index (κ2) is 8.66. The van der Waals surface area contributed by atoms with E-state index in [2.05, 4.69) is 30.9 Å². The largest absolute Gasteiger partial charge is 0.476 e. The Morgan fingerprint density at radius 2 is 1.97 bits per heavy atom. The smallest absolute Gasteiger partial charge is 0.358 e. The molecule has 10 nitrogen and oxygen atoms in total. The van der Waals surface area contributed by atoms with Gasteiger partial charge in [0.2, 0.25) is 5.91 Å². The third-order valence-electron chi connectivity index (χ3n) is 4.64. The molecule has 0 atom stereocenters. The van der Waals surface area contributed by atoms with Crippen LogP contribution in [0.4, 0.5) is 17.2 Å². The molecule has 2 heterocycles. The zero-order valence-electron chi connectivity index (χ0n) is 16.6. The van der Waals surface area contributed by atoms with Crippen LogP contribution in [0.1, 0.15) is 28.9 Å². The summed E-state index contributed by atoms with van der Waals surface area (Å²) < 4.78 is 1.61. The molecule has 1 aliphatic rings. The maximum Gasteiger partial charge on any atom is 0.358 e. The number of nitrogens with zero attached hydrogens (tertiary/aromatic N) is 5. The van der Waals surface area contributed by atoms with Gasteiger partial charge in [-0.3, -0.25) is 9.48 Å². The van der Waals surface area contributed by atoms with E-state index in [9.17, 15) is 14.7 Å². The molecular weight excluding hydrogens is 440 g/mol. The molecule has 0 unspecified atom stereocenters. The van der Waals surface area contributed by atoms with Gasteiger partial charge < -0.3 is 15.7 Å². The van der Waals surface area contributed by atoms with Crippen LogP contribution in [-0.4, -0.2) is 41.9 Å². The number of aromatic carboxylic acids is 1. The Bertz CT molecular complexity index is 1110. The van der Waals surface area contributed by atoms with Crippen LogP contribution in [0.5, 0.6) is 0 Å². The molecule has 3 aromatic rings. The summed E-state index contributed by atoms with van der Waals surface area (Å²) in [6, 6.07) is 7.00. The number of aromatic nitrogens is 5. The number of rotatable bonds is 6. The molecule has 1 aliphatic carbocycles. The van der Waals surface area contributed by atoms with E-state index in [0.717, 1.165) is 24.0 Å². The third-order valence-corrected chi connectivity index (χ3v) is 4.64. The van der Waals surface area contributed by atoms with E-state index < -0.39 is 5.97 Å². The number of amides is 1. The van der Waals surface area contributed by atoms with Crippen molar-refractivity contribution < 1.29 is 34.2 Å². The Morgan fingerprint density at radius 1 is 1.20 bits per heavy atom. The fraction of sp³-hybridized carbons (Fsp3) is 0.263. The van der Waals surface area contributed by atoms with Gasteiger partial charge in [-0.2, -0.15) is 5.10 Å². The second-order valence-electron chi connectivity index (χ2n) is 6.91. The van der Waals surface area contributed by atoms with E-state index in [1.165, 1.54) is 6.07 Å². The van der Waals surface area contributed by atoms with Crippen molar-refractivity contribution in [2.45, 2.75) is 19.8 Å². The van der Waals surface area contributed by atoms with E-state index in [1.54, 1.807) is 18.1 Å². The number of carboxylic acids is 1. The minimum absolute atomic E-state index is 0. The number of nitrogens with one attached hydrogen (secondary N) is 2. The molecule has 0 bridgehead atoms. The van der Waals surface area contributed by atoms with Crippen molar-refractivity contribution in [1.82, 2.24) is 25.0 Å². The summed E-state index contributed by atoms with van der Waals surface area (Å²) in [7, 11) is 1.78. The quantitative estimate of drug-likeness (QED) is 0.479. The molecule has 11 heteroatoms. The summed E-state index contributed by atoms with van der Waals surface area (Å²) >= 11 is 0. The molecule has 0 radical (unpaired) electrons. The van der Waals surface area contributed by atoms with Crippen LogP contribution in [0.2, 0.25) is 0 Å². The van der Waals surface area contributed by atoms with E-state index >= 15 is 0 Å². The maximum absolute atomic E-state index is 12.0. The minimum atomic E-state index is -1.22. The van der Waals surface area contributed by atoms with Gasteiger partial charge in [-0.1, -0.05) is 12.1 Å². The SMILES string of the molecule is Cc1c(Nc2cc(NC(=O)C3CC3)nnc2C(=O)O)cccc1-c1ncn(C)n1.[Zn]. The van der Waals surface area contributed by atoms with Gasteiger partial charge in [0, 0.05) is 49.8 Å². The zero-order chi connectivity index (χ0) is 20.5. The van der Waals surface area contributed by atoms with Crippen molar-refractivity contribution in [1.29, 1.82) is 0 Å². The molecule has 1 fully saturated rings. The number of hydrogen-bond acceptors (Lipinski definition) is 7. The Balaban J connectivity index is 0.00000256. The number of carbonyl (C=O) groups excluding carboxylic acids is 1. The first-order valence-corrected chi connectivity index (χ1v) is 9.07. The van der Waals surface area contributed by atoms with Crippen LogP contribution in [0.3, 0.4) is 0 Å². The minimum Gasteiger partial charge on any atom is -0.476 e. The third kappa shape index (κ3) is 4.51. The Kier molecular flexibility index (Phi) is 6.21. The van der Waals surface area contributed by atoms with Crippen molar-refractivity contribution >= 4 is 29.1 Å². The standard InChI is InChI=1S/C19H19N7O3.Zn/c1-10-12(17-20-9-26(2)25-17)4-3-5-13(10)21-14-8-15(22-18(27)11-6-7-11)23-24-16(14)19(28)29;/h3-5,8-9,11H,6-7H2,1-2H3,(H,28,29)(H2,21,22,23,27);. The number of hydrogen-bond donors (Lipinski definition) is 3. The topological polar surface area (TPSA) is 135 Å². The van der Waals surface area contributed by atoms with Gasteiger partial charge in [0.25, 0.3) is 0 Å². The van der Waals surface area contributed by atoms with Crippen LogP contribution in [0, 0.1) is 12.8 Å². The van der Waals surface area contributed by atoms with Crippen molar-refractivity contribution in [3.8, 4) is 11.4 Å². The molecule has 3 N–H and O–H groups in total. The van der Waals surface area contributed by atoms with E-state index in [1.807, 2.05) is 25.1 Å². The Labute approximate surface area is 184 Å². The van der Waals surface area contributed by atoms with Crippen LogP contribution in [0.15, 0.2) is 30.6 Å². The van der Waals surface area contributed by atoms with Gasteiger partial charge in [0.1, 0.15) is 6.33 Å². The number of aryl methyl sites for hydroxylation is 1. The van der Waals surface area contributed by atoms with Crippen LogP contribution < -0.4 is 10.6 Å². The number of carboxylic acid groups (broad SMARTS) is 1. The fourth-order valence-corrected chi connectivity index (χ4v) is 2.90. The molecule has 1 aromatic carbocycles. The molecule has 1 saturated carbocycles. The van der Waals surface area contributed by atoms with Gasteiger partial charge in [0.05, 0.1) is 5.69 Å². The van der Waals surface area contributed by atoms with Crippen LogP contribution in [-0.2, 0) is 31.3 Å². The first kappa shape index (κ1) is 21.5. The number of carbonyl (C=O) groups is 2. The maximum atomic E-state index is 12.0. The summed E-state index contributed by atoms with van der Waals surface area (Å²) in [4.78, 5) is 27.8. The van der Waals surface area contributed by atoms with Crippen molar-refractivity contribution in [2.75, 3.05) is 10.6 Å². The molecule has 1 amide bonds. The summed E-state index contributed by atoms with van der Waals surface area (Å²) in [6.45, 7) is 1.89. The van der Waals surface area contributed by atoms with Gasteiger partial charge >= 0.3 is 5.97 Å². The summed E-state index contributed by atoms with van der Waals surface area (Å²) in [5.41, 5.74) is 2.32. The average molecular weight is 459 g/mol. The molecule has 4 rings (SSSR count). The summed E-state index contributed by atoms with van der Waals surface area (Å²) in [5.74, 6) is -0.586. The van der Waals surface area contributed by atoms with Crippen LogP contribution >= 0.6 is 0 Å². The Hall–Kier alpha value is -3.20. The van der Waals surface area contributed by atoms with Gasteiger partial charge in [-0.05, 0) is 31.4 Å².